The van der Waals surface area contributed by atoms with Crippen molar-refractivity contribution < 1.29 is 0 Å². The van der Waals surface area contributed by atoms with Gasteiger partial charge in [-0.2, -0.15) is 11.8 Å². The van der Waals surface area contributed by atoms with Crippen molar-refractivity contribution in [2.45, 2.75) is 25.3 Å². The zero-order chi connectivity index (χ0) is 9.52. The highest BCUT2D eigenvalue weighted by Crippen LogP contribution is 2.18. The normalized spacial score (nSPS) is 16.8. The van der Waals surface area contributed by atoms with E-state index in [2.05, 4.69) is 23.5 Å². The SMILES string of the molecule is CSCCN(C)CCCNC1CC1. The molecule has 1 aliphatic rings. The molecule has 0 heterocycles. The molecule has 1 saturated carbocycles. The minimum absolute atomic E-state index is 0.872. The van der Waals surface area contributed by atoms with E-state index in [0.717, 1.165) is 6.04 Å². The van der Waals surface area contributed by atoms with Gasteiger partial charge in [-0.05, 0) is 45.7 Å². The van der Waals surface area contributed by atoms with E-state index in [1.165, 1.54) is 44.6 Å². The van der Waals surface area contributed by atoms with E-state index in [1.807, 2.05) is 11.8 Å². The van der Waals surface area contributed by atoms with Gasteiger partial charge in [0.05, 0.1) is 0 Å². The van der Waals surface area contributed by atoms with E-state index in [1.54, 1.807) is 0 Å². The minimum atomic E-state index is 0.872. The highest BCUT2D eigenvalue weighted by Gasteiger charge is 2.19. The molecule has 1 N–H and O–H groups in total. The molecule has 1 aliphatic carbocycles. The molecule has 13 heavy (non-hydrogen) atoms. The molecule has 0 spiro atoms. The first kappa shape index (κ1) is 11.3. The fourth-order valence-electron chi connectivity index (χ4n) is 1.30. The summed E-state index contributed by atoms with van der Waals surface area (Å²) in [4.78, 5) is 2.42. The molecule has 1 fully saturated rings. The van der Waals surface area contributed by atoms with Crippen LogP contribution in [0.3, 0.4) is 0 Å². The Hall–Kier alpha value is 0.270. The van der Waals surface area contributed by atoms with Gasteiger partial charge in [-0.1, -0.05) is 0 Å². The van der Waals surface area contributed by atoms with Crippen LogP contribution in [0.2, 0.25) is 0 Å². The second-order valence-electron chi connectivity index (χ2n) is 3.88. The largest absolute Gasteiger partial charge is 0.314 e. The van der Waals surface area contributed by atoms with Gasteiger partial charge < -0.3 is 10.2 Å². The highest BCUT2D eigenvalue weighted by molar-refractivity contribution is 7.98. The molecule has 0 radical (unpaired) electrons. The van der Waals surface area contributed by atoms with E-state index < -0.39 is 0 Å². The lowest BCUT2D eigenvalue weighted by molar-refractivity contribution is 0.346. The highest BCUT2D eigenvalue weighted by atomic mass is 32.2. The van der Waals surface area contributed by atoms with Crippen LogP contribution in [0.4, 0.5) is 0 Å². The summed E-state index contributed by atoms with van der Waals surface area (Å²) in [6, 6.07) is 0.872. The predicted molar refractivity (Wildman–Crippen MR) is 61.5 cm³/mol. The fourth-order valence-corrected chi connectivity index (χ4v) is 1.80. The van der Waals surface area contributed by atoms with Gasteiger partial charge in [-0.15, -0.1) is 0 Å². The second kappa shape index (κ2) is 6.68. The van der Waals surface area contributed by atoms with Crippen molar-refractivity contribution in [1.82, 2.24) is 10.2 Å². The van der Waals surface area contributed by atoms with Crippen molar-refractivity contribution in [3.8, 4) is 0 Å². The van der Waals surface area contributed by atoms with Crippen LogP contribution in [-0.4, -0.2) is 49.6 Å². The molecule has 0 bridgehead atoms. The molecule has 0 aliphatic heterocycles. The van der Waals surface area contributed by atoms with Gasteiger partial charge >= 0.3 is 0 Å². The molecule has 2 nitrogen and oxygen atoms in total. The standard InChI is InChI=1S/C10H22N2S/c1-12(8-9-13-2)7-3-6-11-10-4-5-10/h10-11H,3-9H2,1-2H3. The summed E-state index contributed by atoms with van der Waals surface area (Å²) in [7, 11) is 2.22. The summed E-state index contributed by atoms with van der Waals surface area (Å²) in [6.07, 6.45) is 6.27. The van der Waals surface area contributed by atoms with Crippen molar-refractivity contribution in [2.75, 3.05) is 38.7 Å². The molecule has 0 aromatic heterocycles. The molecular formula is C10H22N2S. The topological polar surface area (TPSA) is 15.3 Å². The lowest BCUT2D eigenvalue weighted by Gasteiger charge is -2.15. The average molecular weight is 202 g/mol. The van der Waals surface area contributed by atoms with Crippen LogP contribution in [0.1, 0.15) is 19.3 Å². The van der Waals surface area contributed by atoms with Gasteiger partial charge in [0.25, 0.3) is 0 Å². The van der Waals surface area contributed by atoms with E-state index in [4.69, 9.17) is 0 Å². The smallest absolute Gasteiger partial charge is 0.00692 e. The maximum Gasteiger partial charge on any atom is 0.00692 e. The van der Waals surface area contributed by atoms with E-state index in [0.29, 0.717) is 0 Å². The number of rotatable bonds is 8. The Labute approximate surface area is 86.5 Å². The number of nitrogens with zero attached hydrogens (tertiary/aromatic N) is 1. The lowest BCUT2D eigenvalue weighted by Crippen LogP contribution is -2.26. The number of hydrogen-bond acceptors (Lipinski definition) is 3. The van der Waals surface area contributed by atoms with Crippen molar-refractivity contribution in [1.29, 1.82) is 0 Å². The third kappa shape index (κ3) is 6.36. The van der Waals surface area contributed by atoms with E-state index in [-0.39, 0.29) is 0 Å². The van der Waals surface area contributed by atoms with Crippen molar-refractivity contribution in [3.05, 3.63) is 0 Å². The molecule has 0 unspecified atom stereocenters. The van der Waals surface area contributed by atoms with Crippen LogP contribution in [0.15, 0.2) is 0 Å². The molecule has 0 saturated heterocycles. The maximum atomic E-state index is 3.54. The van der Waals surface area contributed by atoms with Crippen LogP contribution in [-0.2, 0) is 0 Å². The summed E-state index contributed by atoms with van der Waals surface area (Å²) in [5.74, 6) is 1.26. The molecular weight excluding hydrogens is 180 g/mol. The van der Waals surface area contributed by atoms with E-state index in [9.17, 15) is 0 Å². The Morgan fingerprint density at radius 3 is 2.77 bits per heavy atom. The Morgan fingerprint density at radius 1 is 1.38 bits per heavy atom. The number of hydrogen-bond donors (Lipinski definition) is 1. The molecule has 0 aromatic carbocycles. The monoisotopic (exact) mass is 202 g/mol. The van der Waals surface area contributed by atoms with Gasteiger partial charge in [0.15, 0.2) is 0 Å². The Bertz CT molecular complexity index is 126. The van der Waals surface area contributed by atoms with Crippen molar-refractivity contribution in [3.63, 3.8) is 0 Å². The maximum absolute atomic E-state index is 3.54. The van der Waals surface area contributed by atoms with Gasteiger partial charge in [0.2, 0.25) is 0 Å². The van der Waals surface area contributed by atoms with Gasteiger partial charge in [0.1, 0.15) is 0 Å². The Morgan fingerprint density at radius 2 is 2.15 bits per heavy atom. The van der Waals surface area contributed by atoms with Gasteiger partial charge in [0, 0.05) is 18.3 Å². The van der Waals surface area contributed by atoms with Gasteiger partial charge in [-0.25, -0.2) is 0 Å². The summed E-state index contributed by atoms with van der Waals surface area (Å²) < 4.78 is 0. The van der Waals surface area contributed by atoms with Crippen LogP contribution in [0, 0.1) is 0 Å². The van der Waals surface area contributed by atoms with Crippen LogP contribution < -0.4 is 5.32 Å². The van der Waals surface area contributed by atoms with Crippen LogP contribution >= 0.6 is 11.8 Å². The Balaban J connectivity index is 1.79. The predicted octanol–water partition coefficient (Wildman–Crippen LogP) is 1.42. The van der Waals surface area contributed by atoms with Crippen molar-refractivity contribution in [2.24, 2.45) is 0 Å². The van der Waals surface area contributed by atoms with Crippen LogP contribution in [0.25, 0.3) is 0 Å². The molecule has 0 amide bonds. The third-order valence-electron chi connectivity index (χ3n) is 2.40. The number of thioether (sulfide) groups is 1. The fraction of sp³-hybridized carbons (Fsp3) is 1.00. The molecule has 0 aromatic rings. The lowest BCUT2D eigenvalue weighted by atomic mass is 10.4. The molecule has 1 rings (SSSR count). The van der Waals surface area contributed by atoms with Crippen LogP contribution in [0.5, 0.6) is 0 Å². The summed E-state index contributed by atoms with van der Waals surface area (Å²) in [5, 5.41) is 3.54. The zero-order valence-electron chi connectivity index (χ0n) is 8.88. The second-order valence-corrected chi connectivity index (χ2v) is 4.86. The molecule has 0 atom stereocenters. The first-order valence-corrected chi connectivity index (χ1v) is 6.63. The first-order chi connectivity index (χ1) is 6.33. The van der Waals surface area contributed by atoms with E-state index >= 15 is 0 Å². The quantitative estimate of drug-likeness (QED) is 0.599. The third-order valence-corrected chi connectivity index (χ3v) is 2.99. The average Bonchev–Trinajstić information content (AvgIpc) is 2.92. The Kier molecular flexibility index (Phi) is 5.83. The minimum Gasteiger partial charge on any atom is -0.314 e. The molecule has 78 valence electrons. The van der Waals surface area contributed by atoms with Crippen molar-refractivity contribution >= 4 is 11.8 Å². The molecule has 3 heteroatoms. The van der Waals surface area contributed by atoms with Gasteiger partial charge in [-0.3, -0.25) is 0 Å². The summed E-state index contributed by atoms with van der Waals surface area (Å²) >= 11 is 1.93. The number of nitrogens with one attached hydrogen (secondary N) is 1. The summed E-state index contributed by atoms with van der Waals surface area (Å²) in [6.45, 7) is 3.67. The summed E-state index contributed by atoms with van der Waals surface area (Å²) in [5.41, 5.74) is 0. The first-order valence-electron chi connectivity index (χ1n) is 5.24. The zero-order valence-corrected chi connectivity index (χ0v) is 9.70.